The number of hydrogen-bond donors (Lipinski definition) is 2. The van der Waals surface area contributed by atoms with Crippen molar-refractivity contribution in [1.82, 2.24) is 5.32 Å². The minimum atomic E-state index is -1.23. The Morgan fingerprint density at radius 3 is 2.44 bits per heavy atom. The summed E-state index contributed by atoms with van der Waals surface area (Å²) in [5.74, 6) is -1.76. The van der Waals surface area contributed by atoms with E-state index in [2.05, 4.69) is 14.8 Å². The molecule has 0 saturated heterocycles. The number of methoxy groups -OCH3 is 1. The van der Waals surface area contributed by atoms with Crippen LogP contribution >= 0.6 is 0 Å². The summed E-state index contributed by atoms with van der Waals surface area (Å²) in [7, 11) is 1.21. The topological polar surface area (TPSA) is 102 Å². The van der Waals surface area contributed by atoms with Crippen molar-refractivity contribution in [3.05, 3.63) is 0 Å². The molecule has 16 heavy (non-hydrogen) atoms. The van der Waals surface area contributed by atoms with E-state index in [1.54, 1.807) is 6.92 Å². The van der Waals surface area contributed by atoms with Crippen molar-refractivity contribution in [2.45, 2.75) is 25.8 Å². The van der Waals surface area contributed by atoms with Crippen LogP contribution < -0.4 is 5.32 Å². The maximum absolute atomic E-state index is 11.0. The highest BCUT2D eigenvalue weighted by Crippen LogP contribution is 2.00. The van der Waals surface area contributed by atoms with E-state index in [0.29, 0.717) is 0 Å². The zero-order valence-corrected chi connectivity index (χ0v) is 9.19. The smallest absolute Gasteiger partial charge is 0.407 e. The van der Waals surface area contributed by atoms with Gasteiger partial charge in [-0.3, -0.25) is 4.79 Å². The van der Waals surface area contributed by atoms with Crippen LogP contribution in [0.2, 0.25) is 0 Å². The van der Waals surface area contributed by atoms with Crippen molar-refractivity contribution in [2.75, 3.05) is 13.7 Å². The number of carbonyl (C=O) groups excluding carboxylic acids is 2. The quantitative estimate of drug-likeness (QED) is 0.632. The third-order valence-electron chi connectivity index (χ3n) is 1.73. The van der Waals surface area contributed by atoms with E-state index >= 15 is 0 Å². The lowest BCUT2D eigenvalue weighted by molar-refractivity contribution is -0.142. The first kappa shape index (κ1) is 14.2. The van der Waals surface area contributed by atoms with Crippen molar-refractivity contribution in [3.63, 3.8) is 0 Å². The van der Waals surface area contributed by atoms with Crippen LogP contribution in [0, 0.1) is 0 Å². The predicted molar refractivity (Wildman–Crippen MR) is 52.8 cm³/mol. The number of nitrogens with one attached hydrogen (secondary N) is 1. The van der Waals surface area contributed by atoms with Gasteiger partial charge in [-0.05, 0) is 13.3 Å². The van der Waals surface area contributed by atoms with Gasteiger partial charge in [0.15, 0.2) is 0 Å². The molecule has 0 aliphatic rings. The molecule has 0 spiro atoms. The molecular formula is C9H15NO6. The van der Waals surface area contributed by atoms with Crippen LogP contribution in [0.15, 0.2) is 0 Å². The Labute approximate surface area is 92.7 Å². The molecule has 0 radical (unpaired) electrons. The van der Waals surface area contributed by atoms with Crippen LogP contribution in [0.4, 0.5) is 4.79 Å². The van der Waals surface area contributed by atoms with Gasteiger partial charge in [0.1, 0.15) is 6.04 Å². The van der Waals surface area contributed by atoms with Gasteiger partial charge >= 0.3 is 18.0 Å². The summed E-state index contributed by atoms with van der Waals surface area (Å²) >= 11 is 0. The molecule has 7 nitrogen and oxygen atoms in total. The van der Waals surface area contributed by atoms with Crippen molar-refractivity contribution >= 4 is 18.0 Å². The zero-order valence-electron chi connectivity index (χ0n) is 9.19. The lowest BCUT2D eigenvalue weighted by Crippen LogP contribution is -2.41. The Hall–Kier alpha value is -1.79. The molecule has 0 aliphatic heterocycles. The van der Waals surface area contributed by atoms with E-state index in [1.807, 2.05) is 0 Å². The summed E-state index contributed by atoms with van der Waals surface area (Å²) in [6.45, 7) is 1.75. The van der Waals surface area contributed by atoms with Gasteiger partial charge in [0.25, 0.3) is 0 Å². The normalized spacial score (nSPS) is 11.4. The highest BCUT2D eigenvalue weighted by molar-refractivity contribution is 5.80. The van der Waals surface area contributed by atoms with E-state index in [4.69, 9.17) is 5.11 Å². The van der Waals surface area contributed by atoms with Crippen molar-refractivity contribution in [2.24, 2.45) is 0 Å². The predicted octanol–water partition coefficient (Wildman–Crippen LogP) is 0.139. The highest BCUT2D eigenvalue weighted by atomic mass is 16.5. The Morgan fingerprint density at radius 1 is 1.38 bits per heavy atom. The SMILES string of the molecule is CCOC(=O)N[C@H](CCC(=O)OC)C(=O)O. The molecule has 0 saturated carbocycles. The molecule has 1 amide bonds. The van der Waals surface area contributed by atoms with Crippen LogP contribution in [0.5, 0.6) is 0 Å². The van der Waals surface area contributed by atoms with Gasteiger partial charge in [-0.15, -0.1) is 0 Å². The van der Waals surface area contributed by atoms with Gasteiger partial charge < -0.3 is 19.9 Å². The van der Waals surface area contributed by atoms with Crippen LogP contribution in [-0.2, 0) is 19.1 Å². The number of carboxylic acid groups (broad SMARTS) is 1. The average molecular weight is 233 g/mol. The van der Waals surface area contributed by atoms with Gasteiger partial charge in [-0.2, -0.15) is 0 Å². The number of hydrogen-bond acceptors (Lipinski definition) is 5. The van der Waals surface area contributed by atoms with E-state index in [1.165, 1.54) is 7.11 Å². The lowest BCUT2D eigenvalue weighted by Gasteiger charge is -2.13. The molecule has 0 rings (SSSR count). The first-order valence-corrected chi connectivity index (χ1v) is 4.74. The molecule has 0 aromatic carbocycles. The summed E-state index contributed by atoms with van der Waals surface area (Å²) in [5.41, 5.74) is 0. The number of amides is 1. The van der Waals surface area contributed by atoms with Crippen molar-refractivity contribution in [3.8, 4) is 0 Å². The van der Waals surface area contributed by atoms with Gasteiger partial charge in [0.05, 0.1) is 13.7 Å². The standard InChI is InChI=1S/C9H15NO6/c1-3-16-9(14)10-6(8(12)13)4-5-7(11)15-2/h6H,3-5H2,1-2H3,(H,10,14)(H,12,13)/t6-/m1/s1. The molecule has 0 aromatic heterocycles. The summed E-state index contributed by atoms with van der Waals surface area (Å²) in [6.07, 6.45) is -0.944. The molecule has 0 fully saturated rings. The number of aliphatic carboxylic acids is 1. The van der Waals surface area contributed by atoms with Crippen molar-refractivity contribution in [1.29, 1.82) is 0 Å². The van der Waals surface area contributed by atoms with Gasteiger partial charge in [0, 0.05) is 6.42 Å². The fourth-order valence-corrected chi connectivity index (χ4v) is 0.937. The Morgan fingerprint density at radius 2 is 2.00 bits per heavy atom. The van der Waals surface area contributed by atoms with Gasteiger partial charge in [-0.25, -0.2) is 9.59 Å². The Bertz CT molecular complexity index is 265. The summed E-state index contributed by atoms with van der Waals surface area (Å²) in [5, 5.41) is 10.9. The number of alkyl carbamates (subject to hydrolysis) is 1. The molecule has 1 atom stereocenters. The second kappa shape index (κ2) is 7.49. The van der Waals surface area contributed by atoms with Crippen molar-refractivity contribution < 1.29 is 29.0 Å². The maximum atomic E-state index is 11.0. The van der Waals surface area contributed by atoms with Gasteiger partial charge in [-0.1, -0.05) is 0 Å². The third kappa shape index (κ3) is 5.84. The third-order valence-corrected chi connectivity index (χ3v) is 1.73. The zero-order chi connectivity index (χ0) is 12.6. The monoisotopic (exact) mass is 233 g/mol. The first-order chi connectivity index (χ1) is 7.51. The van der Waals surface area contributed by atoms with Crippen LogP contribution in [0.1, 0.15) is 19.8 Å². The van der Waals surface area contributed by atoms with Gasteiger partial charge in [0.2, 0.25) is 0 Å². The number of esters is 1. The highest BCUT2D eigenvalue weighted by Gasteiger charge is 2.21. The molecular weight excluding hydrogens is 218 g/mol. The number of carbonyl (C=O) groups is 3. The number of rotatable bonds is 6. The minimum Gasteiger partial charge on any atom is -0.480 e. The first-order valence-electron chi connectivity index (χ1n) is 4.74. The number of ether oxygens (including phenoxy) is 2. The van der Waals surface area contributed by atoms with E-state index < -0.39 is 24.1 Å². The average Bonchev–Trinajstić information content (AvgIpc) is 2.23. The van der Waals surface area contributed by atoms with Crippen LogP contribution in [0.25, 0.3) is 0 Å². The van der Waals surface area contributed by atoms with E-state index in [0.717, 1.165) is 0 Å². The molecule has 0 bridgehead atoms. The second-order valence-corrected chi connectivity index (χ2v) is 2.87. The molecule has 92 valence electrons. The summed E-state index contributed by atoms with van der Waals surface area (Å²) in [4.78, 5) is 32.5. The second-order valence-electron chi connectivity index (χ2n) is 2.87. The number of carboxylic acids is 1. The lowest BCUT2D eigenvalue weighted by atomic mass is 10.1. The Balaban J connectivity index is 4.12. The Kier molecular flexibility index (Phi) is 6.66. The summed E-state index contributed by atoms with van der Waals surface area (Å²) in [6, 6.07) is -1.15. The molecule has 2 N–H and O–H groups in total. The molecule has 0 heterocycles. The van der Waals surface area contributed by atoms with E-state index in [9.17, 15) is 14.4 Å². The molecule has 0 unspecified atom stereocenters. The minimum absolute atomic E-state index is 0.0409. The van der Waals surface area contributed by atoms with Crippen LogP contribution in [-0.4, -0.2) is 42.9 Å². The summed E-state index contributed by atoms with van der Waals surface area (Å²) < 4.78 is 8.88. The fraction of sp³-hybridized carbons (Fsp3) is 0.667. The maximum Gasteiger partial charge on any atom is 0.407 e. The largest absolute Gasteiger partial charge is 0.480 e. The molecule has 0 aromatic rings. The molecule has 0 aliphatic carbocycles. The van der Waals surface area contributed by atoms with Crippen LogP contribution in [0.3, 0.4) is 0 Å². The molecule has 7 heteroatoms. The fourth-order valence-electron chi connectivity index (χ4n) is 0.937. The van der Waals surface area contributed by atoms with E-state index in [-0.39, 0.29) is 19.4 Å².